The summed E-state index contributed by atoms with van der Waals surface area (Å²) in [5, 5.41) is 2.96. The molecule has 4 rings (SSSR count). The lowest BCUT2D eigenvalue weighted by Gasteiger charge is -2.17. The molecule has 1 atom stereocenters. The molecule has 1 amide bonds. The molecule has 35 heavy (non-hydrogen) atoms. The van der Waals surface area contributed by atoms with E-state index in [2.05, 4.69) is 10.3 Å². The van der Waals surface area contributed by atoms with Crippen LogP contribution in [0.5, 0.6) is 0 Å². The quantitative estimate of drug-likeness (QED) is 0.486. The summed E-state index contributed by atoms with van der Waals surface area (Å²) >= 11 is 0. The topological polar surface area (TPSA) is 77.2 Å². The summed E-state index contributed by atoms with van der Waals surface area (Å²) in [6.45, 7) is 3.16. The summed E-state index contributed by atoms with van der Waals surface area (Å²) in [5.41, 5.74) is 10.00. The number of halogens is 3. The first-order valence-corrected chi connectivity index (χ1v) is 11.3. The van der Waals surface area contributed by atoms with Crippen molar-refractivity contribution in [2.45, 2.75) is 32.1 Å². The molecule has 0 fully saturated rings. The number of hydrogen-bond donors (Lipinski definition) is 2. The van der Waals surface area contributed by atoms with Crippen LogP contribution in [0.25, 0.3) is 16.7 Å². The number of nitrogens with zero attached hydrogens (tertiary/aromatic N) is 1. The van der Waals surface area contributed by atoms with Crippen molar-refractivity contribution in [3.8, 4) is 11.1 Å². The molecule has 5 nitrogen and oxygen atoms in total. The van der Waals surface area contributed by atoms with Gasteiger partial charge in [0.05, 0.1) is 30.4 Å². The minimum Gasteiger partial charge on any atom is -0.377 e. The van der Waals surface area contributed by atoms with Crippen molar-refractivity contribution in [3.63, 3.8) is 0 Å². The number of aromatic nitrogens is 1. The van der Waals surface area contributed by atoms with Gasteiger partial charge in [-0.3, -0.25) is 9.78 Å². The van der Waals surface area contributed by atoms with E-state index < -0.39 is 11.7 Å². The van der Waals surface area contributed by atoms with Crippen molar-refractivity contribution in [3.05, 3.63) is 94.8 Å². The average molecular weight is 482 g/mol. The fourth-order valence-electron chi connectivity index (χ4n) is 4.04. The molecular weight excluding hydrogens is 455 g/mol. The maximum absolute atomic E-state index is 13.2. The van der Waals surface area contributed by atoms with Gasteiger partial charge in [0, 0.05) is 18.9 Å². The van der Waals surface area contributed by atoms with Crippen LogP contribution in [-0.2, 0) is 17.5 Å². The molecule has 1 aliphatic rings. The first-order valence-electron chi connectivity index (χ1n) is 11.3. The van der Waals surface area contributed by atoms with E-state index in [0.29, 0.717) is 35.5 Å². The highest BCUT2D eigenvalue weighted by Crippen LogP contribution is 2.34. The molecular formula is C27H26F3N3O2. The Kier molecular flexibility index (Phi) is 7.33. The Morgan fingerprint density at radius 1 is 1.11 bits per heavy atom. The van der Waals surface area contributed by atoms with E-state index in [-0.39, 0.29) is 18.5 Å². The van der Waals surface area contributed by atoms with Crippen LogP contribution in [0.3, 0.4) is 0 Å². The Bertz CT molecular complexity index is 1240. The van der Waals surface area contributed by atoms with Gasteiger partial charge in [-0.1, -0.05) is 36.4 Å². The fourth-order valence-corrected chi connectivity index (χ4v) is 4.04. The summed E-state index contributed by atoms with van der Waals surface area (Å²) < 4.78 is 44.9. The summed E-state index contributed by atoms with van der Waals surface area (Å²) in [6, 6.07) is 12.1. The summed E-state index contributed by atoms with van der Waals surface area (Å²) in [5.74, 6) is -0.258. The average Bonchev–Trinajstić information content (AvgIpc) is 2.88. The van der Waals surface area contributed by atoms with Crippen molar-refractivity contribution in [1.29, 1.82) is 0 Å². The molecule has 1 aromatic heterocycles. The molecule has 3 N–H and O–H groups in total. The molecule has 2 heterocycles. The SMILES string of the molecule is C[C@@H](NC(=O)c1cncc(C2=CCOCC2)c1)c1ccc(-c2cc(C(F)(F)F)ccc2CN)cc1. The number of benzene rings is 2. The Morgan fingerprint density at radius 2 is 1.89 bits per heavy atom. The van der Waals surface area contributed by atoms with Crippen molar-refractivity contribution in [1.82, 2.24) is 10.3 Å². The van der Waals surface area contributed by atoms with Crippen molar-refractivity contribution in [2.75, 3.05) is 13.2 Å². The van der Waals surface area contributed by atoms with E-state index >= 15 is 0 Å². The van der Waals surface area contributed by atoms with Crippen LogP contribution in [0.4, 0.5) is 13.2 Å². The van der Waals surface area contributed by atoms with Gasteiger partial charge >= 0.3 is 6.18 Å². The molecule has 8 heteroatoms. The van der Waals surface area contributed by atoms with Crippen molar-refractivity contribution >= 4 is 11.5 Å². The minimum atomic E-state index is -4.44. The Morgan fingerprint density at radius 3 is 2.54 bits per heavy atom. The number of carbonyl (C=O) groups excluding carboxylic acids is 1. The number of rotatable bonds is 6. The van der Waals surface area contributed by atoms with Crippen molar-refractivity contribution in [2.24, 2.45) is 5.73 Å². The predicted octanol–water partition coefficient (Wildman–Crippen LogP) is 5.52. The third-order valence-electron chi connectivity index (χ3n) is 6.06. The predicted molar refractivity (Wildman–Crippen MR) is 128 cm³/mol. The largest absolute Gasteiger partial charge is 0.416 e. The van der Waals surface area contributed by atoms with Gasteiger partial charge in [-0.05, 0) is 64.9 Å². The standard InChI is InChI=1S/C27H26F3N3O2/c1-17(33-26(34)23-12-22(15-32-16-23)19-8-10-35-11-9-19)18-2-4-20(5-3-18)25-13-24(27(28,29)30)7-6-21(25)14-31/h2-8,12-13,15-17H,9-11,14,31H2,1H3,(H,33,34)/t17-/m1/s1. The zero-order valence-corrected chi connectivity index (χ0v) is 19.2. The molecule has 0 bridgehead atoms. The highest BCUT2D eigenvalue weighted by molar-refractivity contribution is 5.95. The number of alkyl halides is 3. The minimum absolute atomic E-state index is 0.124. The number of pyridine rings is 1. The molecule has 0 spiro atoms. The van der Waals surface area contributed by atoms with Crippen LogP contribution in [0.1, 0.15) is 52.0 Å². The normalized spacial score (nSPS) is 14.8. The van der Waals surface area contributed by atoms with Gasteiger partial charge in [0.15, 0.2) is 0 Å². The number of nitrogens with one attached hydrogen (secondary N) is 1. The molecule has 0 saturated heterocycles. The zero-order valence-electron chi connectivity index (χ0n) is 19.2. The molecule has 2 aromatic carbocycles. The maximum Gasteiger partial charge on any atom is 0.416 e. The molecule has 3 aromatic rings. The molecule has 1 aliphatic heterocycles. The van der Waals surface area contributed by atoms with Gasteiger partial charge in [0.25, 0.3) is 5.91 Å². The number of hydrogen-bond acceptors (Lipinski definition) is 4. The van der Waals surface area contributed by atoms with Crippen LogP contribution >= 0.6 is 0 Å². The van der Waals surface area contributed by atoms with Crippen LogP contribution in [0, 0.1) is 0 Å². The summed E-state index contributed by atoms with van der Waals surface area (Å²) in [6.07, 6.45) is 1.59. The molecule has 0 radical (unpaired) electrons. The monoisotopic (exact) mass is 481 g/mol. The molecule has 0 aliphatic carbocycles. The number of amides is 1. The van der Waals surface area contributed by atoms with Gasteiger partial charge in [0.2, 0.25) is 0 Å². The zero-order chi connectivity index (χ0) is 25.0. The lowest BCUT2D eigenvalue weighted by atomic mass is 9.95. The van der Waals surface area contributed by atoms with Gasteiger partial charge in [0.1, 0.15) is 0 Å². The highest BCUT2D eigenvalue weighted by Gasteiger charge is 2.31. The van der Waals surface area contributed by atoms with E-state index in [0.717, 1.165) is 35.3 Å². The third-order valence-corrected chi connectivity index (χ3v) is 6.06. The van der Waals surface area contributed by atoms with Crippen LogP contribution in [0.15, 0.2) is 67.0 Å². The smallest absolute Gasteiger partial charge is 0.377 e. The second-order valence-electron chi connectivity index (χ2n) is 8.41. The van der Waals surface area contributed by atoms with Crippen LogP contribution < -0.4 is 11.1 Å². The highest BCUT2D eigenvalue weighted by atomic mass is 19.4. The molecule has 182 valence electrons. The number of carbonyl (C=O) groups is 1. The first-order chi connectivity index (χ1) is 16.8. The van der Waals surface area contributed by atoms with Gasteiger partial charge in [-0.15, -0.1) is 0 Å². The van der Waals surface area contributed by atoms with Crippen LogP contribution in [-0.4, -0.2) is 24.1 Å². The summed E-state index contributed by atoms with van der Waals surface area (Å²) in [7, 11) is 0. The third kappa shape index (κ3) is 5.78. The van der Waals surface area contributed by atoms with Gasteiger partial charge in [-0.2, -0.15) is 13.2 Å². The fraction of sp³-hybridized carbons (Fsp3) is 0.259. The van der Waals surface area contributed by atoms with Gasteiger partial charge < -0.3 is 15.8 Å². The van der Waals surface area contributed by atoms with E-state index in [4.69, 9.17) is 10.5 Å². The number of nitrogens with two attached hydrogens (primary N) is 1. The lowest BCUT2D eigenvalue weighted by molar-refractivity contribution is -0.137. The molecule has 0 unspecified atom stereocenters. The van der Waals surface area contributed by atoms with E-state index in [1.54, 1.807) is 30.5 Å². The Hall–Kier alpha value is -3.49. The Labute approximate surface area is 201 Å². The van der Waals surface area contributed by atoms with Crippen molar-refractivity contribution < 1.29 is 22.7 Å². The summed E-state index contributed by atoms with van der Waals surface area (Å²) in [4.78, 5) is 17.1. The Balaban J connectivity index is 1.50. The molecule has 0 saturated carbocycles. The second kappa shape index (κ2) is 10.4. The first kappa shape index (κ1) is 24.6. The lowest BCUT2D eigenvalue weighted by Crippen LogP contribution is -2.26. The van der Waals surface area contributed by atoms with E-state index in [9.17, 15) is 18.0 Å². The van der Waals surface area contributed by atoms with E-state index in [1.165, 1.54) is 12.3 Å². The van der Waals surface area contributed by atoms with Crippen LogP contribution in [0.2, 0.25) is 0 Å². The van der Waals surface area contributed by atoms with E-state index in [1.807, 2.05) is 19.1 Å². The van der Waals surface area contributed by atoms with Gasteiger partial charge in [-0.25, -0.2) is 0 Å². The maximum atomic E-state index is 13.2. The second-order valence-corrected chi connectivity index (χ2v) is 8.41. The number of ether oxygens (including phenoxy) is 1.